The molecule has 3 aromatic rings. The second-order valence-electron chi connectivity index (χ2n) is 6.46. The molecule has 3 aromatic carbocycles. The van der Waals surface area contributed by atoms with Crippen LogP contribution in [-0.2, 0) is 10.0 Å². The van der Waals surface area contributed by atoms with E-state index in [2.05, 4.69) is 10.0 Å². The minimum Gasteiger partial charge on any atom is -0.341 e. The lowest BCUT2D eigenvalue weighted by Crippen LogP contribution is -2.29. The molecule has 0 saturated carbocycles. The van der Waals surface area contributed by atoms with E-state index in [4.69, 9.17) is 0 Å². The molecule has 144 valence electrons. The Labute approximate surface area is 165 Å². The Balaban J connectivity index is 1.94. The van der Waals surface area contributed by atoms with E-state index >= 15 is 0 Å². The standard InChI is InChI=1S/C22H22N2O3S/c1-16-11-13-18(14-12-16)21(17-7-4-3-5-8-17)24-22(25)19-9-6-10-20(15-19)28(26,27)23-2/h3-15,21,23H,1-2H3,(H,24,25)/t21-/m1/s1. The molecule has 5 nitrogen and oxygen atoms in total. The Kier molecular flexibility index (Phi) is 5.92. The summed E-state index contributed by atoms with van der Waals surface area (Å²) >= 11 is 0. The maximum atomic E-state index is 12.9. The van der Waals surface area contributed by atoms with Crippen molar-refractivity contribution in [2.24, 2.45) is 0 Å². The number of rotatable bonds is 6. The summed E-state index contributed by atoms with van der Waals surface area (Å²) in [6, 6.07) is 23.3. The summed E-state index contributed by atoms with van der Waals surface area (Å²) in [7, 11) is -2.28. The van der Waals surface area contributed by atoms with E-state index < -0.39 is 10.0 Å². The van der Waals surface area contributed by atoms with Crippen LogP contribution in [0.3, 0.4) is 0 Å². The number of sulfonamides is 1. The summed E-state index contributed by atoms with van der Waals surface area (Å²) < 4.78 is 26.3. The zero-order chi connectivity index (χ0) is 20.1. The van der Waals surface area contributed by atoms with Crippen molar-refractivity contribution in [3.63, 3.8) is 0 Å². The van der Waals surface area contributed by atoms with Gasteiger partial charge in [0.2, 0.25) is 10.0 Å². The molecule has 1 atom stereocenters. The van der Waals surface area contributed by atoms with Crippen molar-refractivity contribution in [1.29, 1.82) is 0 Å². The quantitative estimate of drug-likeness (QED) is 0.673. The molecule has 0 unspecified atom stereocenters. The lowest BCUT2D eigenvalue weighted by atomic mass is 9.97. The third-order valence-electron chi connectivity index (χ3n) is 4.49. The van der Waals surface area contributed by atoms with Crippen LogP contribution < -0.4 is 10.0 Å². The molecule has 3 rings (SSSR count). The first-order chi connectivity index (χ1) is 13.4. The zero-order valence-corrected chi connectivity index (χ0v) is 16.5. The Bertz CT molecular complexity index is 1060. The fraction of sp³-hybridized carbons (Fsp3) is 0.136. The molecular formula is C22H22N2O3S. The first-order valence-electron chi connectivity index (χ1n) is 8.87. The smallest absolute Gasteiger partial charge is 0.252 e. The molecule has 0 aliphatic heterocycles. The van der Waals surface area contributed by atoms with Crippen molar-refractivity contribution >= 4 is 15.9 Å². The highest BCUT2D eigenvalue weighted by Gasteiger charge is 2.19. The van der Waals surface area contributed by atoms with Gasteiger partial charge in [-0.1, -0.05) is 66.2 Å². The molecule has 0 aromatic heterocycles. The molecule has 0 spiro atoms. The second-order valence-corrected chi connectivity index (χ2v) is 8.35. The number of carbonyl (C=O) groups excluding carboxylic acids is 1. The van der Waals surface area contributed by atoms with Crippen LogP contribution in [0.2, 0.25) is 0 Å². The molecule has 0 fully saturated rings. The van der Waals surface area contributed by atoms with Crippen molar-refractivity contribution in [2.45, 2.75) is 17.9 Å². The lowest BCUT2D eigenvalue weighted by Gasteiger charge is -2.20. The number of hydrogen-bond acceptors (Lipinski definition) is 3. The fourth-order valence-corrected chi connectivity index (χ4v) is 3.68. The van der Waals surface area contributed by atoms with Gasteiger partial charge >= 0.3 is 0 Å². The summed E-state index contributed by atoms with van der Waals surface area (Å²) in [6.45, 7) is 2.01. The van der Waals surface area contributed by atoms with Crippen LogP contribution in [0.4, 0.5) is 0 Å². The van der Waals surface area contributed by atoms with Crippen LogP contribution in [0.25, 0.3) is 0 Å². The molecule has 0 radical (unpaired) electrons. The molecule has 2 N–H and O–H groups in total. The third kappa shape index (κ3) is 4.47. The second kappa shape index (κ2) is 8.37. The molecule has 0 bridgehead atoms. The van der Waals surface area contributed by atoms with E-state index in [0.29, 0.717) is 0 Å². The van der Waals surface area contributed by atoms with Gasteiger partial charge in [0, 0.05) is 5.56 Å². The topological polar surface area (TPSA) is 75.3 Å². The molecule has 0 heterocycles. The zero-order valence-electron chi connectivity index (χ0n) is 15.7. The first-order valence-corrected chi connectivity index (χ1v) is 10.3. The van der Waals surface area contributed by atoms with Crippen LogP contribution in [0.15, 0.2) is 83.8 Å². The molecule has 6 heteroatoms. The summed E-state index contributed by atoms with van der Waals surface area (Å²) in [5.41, 5.74) is 3.30. The number of amides is 1. The summed E-state index contributed by atoms with van der Waals surface area (Å²) in [5.74, 6) is -0.345. The van der Waals surface area contributed by atoms with E-state index in [1.54, 1.807) is 12.1 Å². The highest BCUT2D eigenvalue weighted by Crippen LogP contribution is 2.23. The van der Waals surface area contributed by atoms with E-state index in [1.165, 1.54) is 19.2 Å². The Hall–Kier alpha value is -2.96. The van der Waals surface area contributed by atoms with Crippen molar-refractivity contribution in [2.75, 3.05) is 7.05 Å². The predicted octanol–water partition coefficient (Wildman–Crippen LogP) is 3.42. The van der Waals surface area contributed by atoms with Crippen molar-refractivity contribution in [1.82, 2.24) is 10.0 Å². The normalized spacial score (nSPS) is 12.4. The Morgan fingerprint density at radius 1 is 0.857 bits per heavy atom. The van der Waals surface area contributed by atoms with E-state index in [-0.39, 0.29) is 22.4 Å². The minimum absolute atomic E-state index is 0.0502. The maximum Gasteiger partial charge on any atom is 0.252 e. The maximum absolute atomic E-state index is 12.9. The molecule has 0 saturated heterocycles. The number of carbonyl (C=O) groups is 1. The van der Waals surface area contributed by atoms with Crippen molar-refractivity contribution < 1.29 is 13.2 Å². The van der Waals surface area contributed by atoms with Gasteiger partial charge in [-0.2, -0.15) is 0 Å². The summed E-state index contributed by atoms with van der Waals surface area (Å²) in [4.78, 5) is 13.0. The highest BCUT2D eigenvalue weighted by molar-refractivity contribution is 7.89. The van der Waals surface area contributed by atoms with Gasteiger partial charge in [0.1, 0.15) is 0 Å². The average molecular weight is 394 g/mol. The van der Waals surface area contributed by atoms with Crippen LogP contribution in [-0.4, -0.2) is 21.4 Å². The van der Waals surface area contributed by atoms with Crippen molar-refractivity contribution in [3.8, 4) is 0 Å². The van der Waals surface area contributed by atoms with Gasteiger partial charge in [0.25, 0.3) is 5.91 Å². The van der Waals surface area contributed by atoms with Crippen LogP contribution in [0, 0.1) is 6.92 Å². The number of benzene rings is 3. The molecular weight excluding hydrogens is 372 g/mol. The van der Waals surface area contributed by atoms with Crippen LogP contribution >= 0.6 is 0 Å². The minimum atomic E-state index is -3.62. The summed E-state index contributed by atoms with van der Waals surface area (Å²) in [5, 5.41) is 3.03. The van der Waals surface area contributed by atoms with E-state index in [0.717, 1.165) is 16.7 Å². The molecule has 28 heavy (non-hydrogen) atoms. The van der Waals surface area contributed by atoms with E-state index in [9.17, 15) is 13.2 Å². The van der Waals surface area contributed by atoms with Gasteiger partial charge in [-0.3, -0.25) is 4.79 Å². The SMILES string of the molecule is CNS(=O)(=O)c1cccc(C(=O)N[C@H](c2ccccc2)c2ccc(C)cc2)c1. The molecule has 0 aliphatic carbocycles. The number of hydrogen-bond donors (Lipinski definition) is 2. The van der Waals surface area contributed by atoms with Gasteiger partial charge in [0.05, 0.1) is 10.9 Å². The van der Waals surface area contributed by atoms with Gasteiger partial charge in [-0.25, -0.2) is 13.1 Å². The van der Waals surface area contributed by atoms with Gasteiger partial charge < -0.3 is 5.32 Å². The van der Waals surface area contributed by atoms with Gasteiger partial charge in [-0.05, 0) is 43.3 Å². The molecule has 1 amide bonds. The first kappa shape index (κ1) is 19.8. The Morgan fingerprint density at radius 3 is 2.14 bits per heavy atom. The van der Waals surface area contributed by atoms with Gasteiger partial charge in [-0.15, -0.1) is 0 Å². The lowest BCUT2D eigenvalue weighted by molar-refractivity contribution is 0.0942. The van der Waals surface area contributed by atoms with Gasteiger partial charge in [0.15, 0.2) is 0 Å². The predicted molar refractivity (Wildman–Crippen MR) is 110 cm³/mol. The monoisotopic (exact) mass is 394 g/mol. The summed E-state index contributed by atoms with van der Waals surface area (Å²) in [6.07, 6.45) is 0. The molecule has 0 aliphatic rings. The number of nitrogens with one attached hydrogen (secondary N) is 2. The van der Waals surface area contributed by atoms with Crippen LogP contribution in [0.1, 0.15) is 33.1 Å². The van der Waals surface area contributed by atoms with Crippen molar-refractivity contribution in [3.05, 3.63) is 101 Å². The number of aryl methyl sites for hydroxylation is 1. The average Bonchev–Trinajstić information content (AvgIpc) is 2.73. The Morgan fingerprint density at radius 2 is 1.50 bits per heavy atom. The highest BCUT2D eigenvalue weighted by atomic mass is 32.2. The van der Waals surface area contributed by atoms with Crippen LogP contribution in [0.5, 0.6) is 0 Å². The third-order valence-corrected chi connectivity index (χ3v) is 5.91. The largest absolute Gasteiger partial charge is 0.341 e. The fourth-order valence-electron chi connectivity index (χ4n) is 2.90. The van der Waals surface area contributed by atoms with E-state index in [1.807, 2.05) is 61.5 Å².